The van der Waals surface area contributed by atoms with Gasteiger partial charge in [-0.1, -0.05) is 18.5 Å². The van der Waals surface area contributed by atoms with E-state index in [9.17, 15) is 4.91 Å². The van der Waals surface area contributed by atoms with Crippen LogP contribution in [0.1, 0.15) is 11.1 Å². The van der Waals surface area contributed by atoms with Crippen LogP contribution in [0.2, 0.25) is 0 Å². The molecule has 0 amide bonds. The summed E-state index contributed by atoms with van der Waals surface area (Å²) in [5, 5.41) is 11.5. The summed E-state index contributed by atoms with van der Waals surface area (Å²) in [6, 6.07) is 7.08. The second-order valence-corrected chi connectivity index (χ2v) is 2.37. The topological polar surface area (TPSA) is 53.2 Å². The van der Waals surface area contributed by atoms with Crippen LogP contribution in [0.5, 0.6) is 0 Å². The van der Waals surface area contributed by atoms with Gasteiger partial charge in [0.05, 0.1) is 5.56 Å². The van der Waals surface area contributed by atoms with Crippen molar-refractivity contribution < 1.29 is 0 Å². The Labute approximate surface area is 71.4 Å². The van der Waals surface area contributed by atoms with E-state index >= 15 is 0 Å². The first-order valence-corrected chi connectivity index (χ1v) is 3.68. The third-order valence-electron chi connectivity index (χ3n) is 1.71. The Morgan fingerprint density at radius 2 is 2.33 bits per heavy atom. The average Bonchev–Trinajstić information content (AvgIpc) is 2.16. The highest BCUT2D eigenvalue weighted by molar-refractivity contribution is 6.08. The summed E-state index contributed by atoms with van der Waals surface area (Å²) in [4.78, 5) is 10.4. The van der Waals surface area contributed by atoms with Crippen LogP contribution in [0.15, 0.2) is 23.4 Å². The van der Waals surface area contributed by atoms with Crippen molar-refractivity contribution in [3.05, 3.63) is 34.2 Å². The maximum atomic E-state index is 10.4. The van der Waals surface area contributed by atoms with E-state index in [-0.39, 0.29) is 5.69 Å². The third kappa shape index (κ3) is 1.35. The van der Waals surface area contributed by atoms with Crippen molar-refractivity contribution in [2.75, 3.05) is 0 Å². The number of rotatable bonds is 2. The first-order valence-electron chi connectivity index (χ1n) is 3.68. The van der Waals surface area contributed by atoms with Gasteiger partial charge < -0.3 is 0 Å². The number of hydrogen-bond donors (Lipinski definition) is 0. The summed E-state index contributed by atoms with van der Waals surface area (Å²) >= 11 is 0. The lowest BCUT2D eigenvalue weighted by Gasteiger charge is -1.99. The molecule has 0 saturated carbocycles. The van der Waals surface area contributed by atoms with E-state index in [2.05, 4.69) is 5.18 Å². The molecule has 0 bridgehead atoms. The Balaban J connectivity index is 3.34. The molecular weight excluding hydrogens is 151 g/mol. The van der Waals surface area contributed by atoms with Crippen molar-refractivity contribution in [3.8, 4) is 6.07 Å². The van der Waals surface area contributed by atoms with Gasteiger partial charge in [0.2, 0.25) is 0 Å². The lowest BCUT2D eigenvalue weighted by Crippen LogP contribution is -1.86. The molecule has 0 aliphatic rings. The predicted molar refractivity (Wildman–Crippen MR) is 48.9 cm³/mol. The monoisotopic (exact) mass is 158 g/mol. The Morgan fingerprint density at radius 3 is 2.83 bits per heavy atom. The SMILES string of the molecule is BCc1cccc(C#N)c1N=O. The van der Waals surface area contributed by atoms with Crippen molar-refractivity contribution >= 4 is 13.5 Å². The van der Waals surface area contributed by atoms with Gasteiger partial charge in [0.1, 0.15) is 19.6 Å². The zero-order chi connectivity index (χ0) is 8.97. The fourth-order valence-electron chi connectivity index (χ4n) is 1.07. The van der Waals surface area contributed by atoms with Gasteiger partial charge in [0.25, 0.3) is 0 Å². The molecule has 58 valence electrons. The number of nitriles is 1. The molecule has 0 atom stereocenters. The average molecular weight is 158 g/mol. The zero-order valence-corrected chi connectivity index (χ0v) is 6.74. The molecule has 0 aliphatic heterocycles. The third-order valence-corrected chi connectivity index (χ3v) is 1.71. The van der Waals surface area contributed by atoms with Gasteiger partial charge in [0, 0.05) is 0 Å². The lowest BCUT2D eigenvalue weighted by molar-refractivity contribution is 1.32. The number of nitrogens with zero attached hydrogens (tertiary/aromatic N) is 2. The minimum atomic E-state index is 0.280. The summed E-state index contributed by atoms with van der Waals surface area (Å²) in [6.45, 7) is 0. The molecule has 0 aliphatic carbocycles. The summed E-state index contributed by atoms with van der Waals surface area (Å²) in [5.74, 6) is 0. The maximum Gasteiger partial charge on any atom is 0.128 e. The fraction of sp³-hybridized carbons (Fsp3) is 0.125. The molecule has 3 nitrogen and oxygen atoms in total. The highest BCUT2D eigenvalue weighted by Gasteiger charge is 2.05. The van der Waals surface area contributed by atoms with Crippen LogP contribution in [0.3, 0.4) is 0 Å². The van der Waals surface area contributed by atoms with Gasteiger partial charge in [-0.2, -0.15) is 5.26 Å². The summed E-state index contributed by atoms with van der Waals surface area (Å²) < 4.78 is 0. The number of nitroso groups, excluding NO2 is 1. The van der Waals surface area contributed by atoms with Gasteiger partial charge >= 0.3 is 0 Å². The standard InChI is InChI=1S/C8H7BN2O/c9-4-6-2-1-3-7(5-10)8(6)11-12/h1-3H,4,9H2. The van der Waals surface area contributed by atoms with E-state index in [0.717, 1.165) is 11.9 Å². The van der Waals surface area contributed by atoms with Gasteiger partial charge in [-0.25, -0.2) is 0 Å². The molecule has 1 aromatic rings. The normalized spacial score (nSPS) is 8.92. The van der Waals surface area contributed by atoms with Gasteiger partial charge in [0.15, 0.2) is 0 Å². The van der Waals surface area contributed by atoms with Gasteiger partial charge in [-0.15, -0.1) is 4.91 Å². The Hall–Kier alpha value is -1.63. The number of hydrogen-bond acceptors (Lipinski definition) is 3. The quantitative estimate of drug-likeness (QED) is 0.477. The van der Waals surface area contributed by atoms with Crippen LogP contribution >= 0.6 is 0 Å². The molecule has 0 heterocycles. The van der Waals surface area contributed by atoms with E-state index < -0.39 is 0 Å². The van der Waals surface area contributed by atoms with Crippen molar-refractivity contribution in [2.45, 2.75) is 6.32 Å². The Bertz CT molecular complexity index is 343. The fourth-order valence-corrected chi connectivity index (χ4v) is 1.07. The molecule has 1 aromatic carbocycles. The van der Waals surface area contributed by atoms with Crippen LogP contribution in [0.4, 0.5) is 5.69 Å². The smallest absolute Gasteiger partial charge is 0.128 e. The first-order chi connectivity index (χ1) is 5.83. The Morgan fingerprint density at radius 1 is 1.58 bits per heavy atom. The zero-order valence-electron chi connectivity index (χ0n) is 6.74. The van der Waals surface area contributed by atoms with E-state index in [1.165, 1.54) is 0 Å². The van der Waals surface area contributed by atoms with Crippen LogP contribution < -0.4 is 0 Å². The van der Waals surface area contributed by atoms with E-state index in [1.807, 2.05) is 13.9 Å². The molecule has 0 unspecified atom stereocenters. The maximum absolute atomic E-state index is 10.4. The van der Waals surface area contributed by atoms with E-state index in [4.69, 9.17) is 5.26 Å². The van der Waals surface area contributed by atoms with Gasteiger partial charge in [-0.05, 0) is 16.8 Å². The van der Waals surface area contributed by atoms with Crippen molar-refractivity contribution in [2.24, 2.45) is 5.18 Å². The summed E-state index contributed by atoms with van der Waals surface area (Å²) in [6.07, 6.45) is 0.719. The van der Waals surface area contributed by atoms with Crippen molar-refractivity contribution in [3.63, 3.8) is 0 Å². The van der Waals surface area contributed by atoms with Crippen LogP contribution in [0.25, 0.3) is 0 Å². The van der Waals surface area contributed by atoms with Crippen LogP contribution in [0, 0.1) is 16.2 Å². The molecule has 4 heteroatoms. The molecular formula is C8H7BN2O. The van der Waals surface area contributed by atoms with E-state index in [0.29, 0.717) is 5.56 Å². The predicted octanol–water partition coefficient (Wildman–Crippen LogP) is 1.09. The molecule has 0 aromatic heterocycles. The molecule has 0 radical (unpaired) electrons. The highest BCUT2D eigenvalue weighted by Crippen LogP contribution is 2.23. The molecule has 12 heavy (non-hydrogen) atoms. The second-order valence-electron chi connectivity index (χ2n) is 2.37. The van der Waals surface area contributed by atoms with E-state index in [1.54, 1.807) is 18.2 Å². The number of benzene rings is 1. The van der Waals surface area contributed by atoms with Crippen molar-refractivity contribution in [1.29, 1.82) is 5.26 Å². The van der Waals surface area contributed by atoms with Crippen LogP contribution in [-0.2, 0) is 6.32 Å². The Kier molecular flexibility index (Phi) is 2.59. The minimum Gasteiger partial charge on any atom is -0.192 e. The molecule has 0 saturated heterocycles. The van der Waals surface area contributed by atoms with Crippen molar-refractivity contribution in [1.82, 2.24) is 0 Å². The minimum absolute atomic E-state index is 0.280. The largest absolute Gasteiger partial charge is 0.192 e. The second kappa shape index (κ2) is 3.68. The van der Waals surface area contributed by atoms with Gasteiger partial charge in [-0.3, -0.25) is 0 Å². The first kappa shape index (κ1) is 8.47. The lowest BCUT2D eigenvalue weighted by atomic mass is 9.94. The summed E-state index contributed by atoms with van der Waals surface area (Å²) in [7, 11) is 1.92. The molecule has 0 fully saturated rings. The molecule has 0 N–H and O–H groups in total. The van der Waals surface area contributed by atoms with Crippen LogP contribution in [-0.4, -0.2) is 7.85 Å². The summed E-state index contributed by atoms with van der Waals surface area (Å²) in [5.41, 5.74) is 1.45. The molecule has 1 rings (SSSR count). The molecule has 0 spiro atoms. The highest BCUT2D eigenvalue weighted by atomic mass is 16.3.